The molecule has 0 amide bonds. The van der Waals surface area contributed by atoms with Crippen LogP contribution in [0.4, 0.5) is 0 Å². The van der Waals surface area contributed by atoms with Crippen LogP contribution in [-0.2, 0) is 9.22 Å². The molecule has 3 heteroatoms. The molecule has 2 rings (SSSR count). The van der Waals surface area contributed by atoms with Crippen LogP contribution in [0.15, 0.2) is 0 Å². The van der Waals surface area contributed by atoms with Crippen LogP contribution in [-0.4, -0.2) is 20.7 Å². The van der Waals surface area contributed by atoms with Crippen LogP contribution in [0, 0.1) is 17.8 Å². The molecule has 0 radical (unpaired) electrons. The molecule has 2 aliphatic rings. The topological polar surface area (TPSA) is 26.3 Å². The van der Waals surface area contributed by atoms with Crippen molar-refractivity contribution in [3.05, 3.63) is 0 Å². The van der Waals surface area contributed by atoms with Crippen LogP contribution in [0.5, 0.6) is 0 Å². The Labute approximate surface area is 125 Å². The third-order valence-electron chi connectivity index (χ3n) is 6.02. The van der Waals surface area contributed by atoms with E-state index in [2.05, 4.69) is 33.9 Å². The van der Waals surface area contributed by atoms with Crippen LogP contribution < -0.4 is 0 Å². The van der Waals surface area contributed by atoms with Crippen LogP contribution in [0.1, 0.15) is 59.3 Å². The van der Waals surface area contributed by atoms with Crippen molar-refractivity contribution in [2.75, 3.05) is 6.61 Å². The van der Waals surface area contributed by atoms with Gasteiger partial charge in [-0.3, -0.25) is 4.79 Å². The van der Waals surface area contributed by atoms with E-state index >= 15 is 0 Å². The normalized spacial score (nSPS) is 32.0. The second kappa shape index (κ2) is 5.92. The molecule has 3 unspecified atom stereocenters. The lowest BCUT2D eigenvalue weighted by atomic mass is 9.67. The first-order valence-electron chi connectivity index (χ1n) is 8.37. The fourth-order valence-electron chi connectivity index (χ4n) is 3.47. The van der Waals surface area contributed by atoms with E-state index in [4.69, 9.17) is 4.43 Å². The van der Waals surface area contributed by atoms with Crippen molar-refractivity contribution in [1.29, 1.82) is 0 Å². The van der Waals surface area contributed by atoms with Crippen molar-refractivity contribution in [2.24, 2.45) is 17.8 Å². The SMILES string of the molecule is CC(C)(C)[Si](C)(C)OCC1CC2CCCCC2CC1=O. The van der Waals surface area contributed by atoms with E-state index in [1.807, 2.05) is 0 Å². The maximum absolute atomic E-state index is 12.4. The van der Waals surface area contributed by atoms with Crippen molar-refractivity contribution >= 4 is 14.1 Å². The average Bonchev–Trinajstić information content (AvgIpc) is 2.35. The molecule has 116 valence electrons. The molecule has 0 aromatic rings. The summed E-state index contributed by atoms with van der Waals surface area (Å²) in [4.78, 5) is 12.4. The Kier molecular flexibility index (Phi) is 4.80. The molecule has 2 nitrogen and oxygen atoms in total. The number of Topliss-reactive ketones (excluding diaryl/α,β-unsaturated/α-hetero) is 1. The van der Waals surface area contributed by atoms with E-state index in [9.17, 15) is 4.79 Å². The molecule has 0 aliphatic heterocycles. The highest BCUT2D eigenvalue weighted by Gasteiger charge is 2.41. The van der Waals surface area contributed by atoms with Crippen molar-refractivity contribution in [1.82, 2.24) is 0 Å². The van der Waals surface area contributed by atoms with E-state index in [1.165, 1.54) is 25.7 Å². The van der Waals surface area contributed by atoms with Crippen LogP contribution >= 0.6 is 0 Å². The molecule has 0 saturated heterocycles. The number of hydrogen-bond donors (Lipinski definition) is 0. The minimum absolute atomic E-state index is 0.184. The lowest BCUT2D eigenvalue weighted by Gasteiger charge is -2.41. The van der Waals surface area contributed by atoms with Gasteiger partial charge in [0, 0.05) is 18.9 Å². The smallest absolute Gasteiger partial charge is 0.192 e. The number of hydrogen-bond acceptors (Lipinski definition) is 2. The molecule has 2 saturated carbocycles. The Morgan fingerprint density at radius 3 is 2.35 bits per heavy atom. The quantitative estimate of drug-likeness (QED) is 0.700. The second-order valence-electron chi connectivity index (χ2n) is 8.48. The number of carbonyl (C=O) groups excluding carboxylic acids is 1. The fraction of sp³-hybridized carbons (Fsp3) is 0.941. The summed E-state index contributed by atoms with van der Waals surface area (Å²) in [6.07, 6.45) is 7.25. The fourth-order valence-corrected chi connectivity index (χ4v) is 4.52. The highest BCUT2D eigenvalue weighted by Crippen LogP contribution is 2.42. The van der Waals surface area contributed by atoms with Gasteiger partial charge in [-0.2, -0.15) is 0 Å². The number of carbonyl (C=O) groups is 1. The third-order valence-corrected chi connectivity index (χ3v) is 10.5. The molecule has 0 heterocycles. The summed E-state index contributed by atoms with van der Waals surface area (Å²) in [5, 5.41) is 0.234. The van der Waals surface area contributed by atoms with Gasteiger partial charge in [0.1, 0.15) is 5.78 Å². The Morgan fingerprint density at radius 2 is 1.75 bits per heavy atom. The van der Waals surface area contributed by atoms with Gasteiger partial charge in [0.2, 0.25) is 0 Å². The van der Waals surface area contributed by atoms with Crippen molar-refractivity contribution < 1.29 is 9.22 Å². The van der Waals surface area contributed by atoms with E-state index in [1.54, 1.807) is 0 Å². The lowest BCUT2D eigenvalue weighted by Crippen LogP contribution is -2.44. The minimum Gasteiger partial charge on any atom is -0.416 e. The standard InChI is InChI=1S/C17H32O2Si/c1-17(2,3)20(4,5)19-12-15-10-13-8-6-7-9-14(13)11-16(15)18/h13-15H,6-12H2,1-5H3. The van der Waals surface area contributed by atoms with Crippen molar-refractivity contribution in [3.8, 4) is 0 Å². The molecule has 0 aromatic heterocycles. The zero-order valence-corrected chi connectivity index (χ0v) is 15.0. The molecular weight excluding hydrogens is 264 g/mol. The van der Waals surface area contributed by atoms with E-state index < -0.39 is 8.32 Å². The summed E-state index contributed by atoms with van der Waals surface area (Å²) in [6, 6.07) is 0. The second-order valence-corrected chi connectivity index (χ2v) is 13.3. The van der Waals surface area contributed by atoms with E-state index in [0.29, 0.717) is 18.3 Å². The first-order chi connectivity index (χ1) is 9.21. The summed E-state index contributed by atoms with van der Waals surface area (Å²) in [5.74, 6) is 2.16. The molecule has 20 heavy (non-hydrogen) atoms. The van der Waals surface area contributed by atoms with Gasteiger partial charge in [-0.25, -0.2) is 0 Å². The number of ketones is 1. The van der Waals surface area contributed by atoms with E-state index in [-0.39, 0.29) is 11.0 Å². The van der Waals surface area contributed by atoms with Crippen molar-refractivity contribution in [3.63, 3.8) is 0 Å². The van der Waals surface area contributed by atoms with E-state index in [0.717, 1.165) is 18.8 Å². The maximum Gasteiger partial charge on any atom is 0.192 e. The minimum atomic E-state index is -1.71. The van der Waals surface area contributed by atoms with Gasteiger partial charge in [-0.15, -0.1) is 0 Å². The first kappa shape index (κ1) is 16.2. The maximum atomic E-state index is 12.4. The predicted molar refractivity (Wildman–Crippen MR) is 86.3 cm³/mol. The average molecular weight is 297 g/mol. The Bertz CT molecular complexity index is 356. The highest BCUT2D eigenvalue weighted by atomic mass is 28.4. The predicted octanol–water partition coefficient (Wildman–Crippen LogP) is 4.79. The zero-order chi connectivity index (χ0) is 15.0. The van der Waals surface area contributed by atoms with Gasteiger partial charge < -0.3 is 4.43 Å². The Morgan fingerprint density at radius 1 is 1.15 bits per heavy atom. The summed E-state index contributed by atoms with van der Waals surface area (Å²) >= 11 is 0. The third kappa shape index (κ3) is 3.54. The van der Waals surface area contributed by atoms with Crippen molar-refractivity contribution in [2.45, 2.75) is 77.4 Å². The number of fused-ring (bicyclic) bond motifs is 1. The molecule has 2 fully saturated rings. The molecule has 0 bridgehead atoms. The highest BCUT2D eigenvalue weighted by molar-refractivity contribution is 6.74. The van der Waals surface area contributed by atoms with Crippen LogP contribution in [0.25, 0.3) is 0 Å². The van der Waals surface area contributed by atoms with Crippen LogP contribution in [0.3, 0.4) is 0 Å². The van der Waals surface area contributed by atoms with Gasteiger partial charge in [0.15, 0.2) is 8.32 Å². The molecule has 0 spiro atoms. The molecule has 3 atom stereocenters. The molecule has 0 aromatic carbocycles. The monoisotopic (exact) mass is 296 g/mol. The largest absolute Gasteiger partial charge is 0.416 e. The Hall–Kier alpha value is -0.153. The first-order valence-corrected chi connectivity index (χ1v) is 11.3. The summed E-state index contributed by atoms with van der Waals surface area (Å²) in [5.41, 5.74) is 0. The molecular formula is C17H32O2Si. The summed E-state index contributed by atoms with van der Waals surface area (Å²) in [7, 11) is -1.71. The van der Waals surface area contributed by atoms with Gasteiger partial charge >= 0.3 is 0 Å². The molecule has 2 aliphatic carbocycles. The van der Waals surface area contributed by atoms with Gasteiger partial charge in [0.25, 0.3) is 0 Å². The Balaban J connectivity index is 1.91. The van der Waals surface area contributed by atoms with Gasteiger partial charge in [-0.1, -0.05) is 40.0 Å². The lowest BCUT2D eigenvalue weighted by molar-refractivity contribution is -0.129. The number of rotatable bonds is 3. The summed E-state index contributed by atoms with van der Waals surface area (Å²) in [6.45, 7) is 12.0. The summed E-state index contributed by atoms with van der Waals surface area (Å²) < 4.78 is 6.30. The zero-order valence-electron chi connectivity index (χ0n) is 14.0. The molecule has 0 N–H and O–H groups in total. The van der Waals surface area contributed by atoms with Gasteiger partial charge in [-0.05, 0) is 42.8 Å². The van der Waals surface area contributed by atoms with Gasteiger partial charge in [0.05, 0.1) is 0 Å². The van der Waals surface area contributed by atoms with Crippen LogP contribution in [0.2, 0.25) is 18.1 Å².